The normalized spacial score (nSPS) is 16.4. The van der Waals surface area contributed by atoms with Crippen LogP contribution in [0.15, 0.2) is 54.6 Å². The number of carboxylic acids is 1. The van der Waals surface area contributed by atoms with Crippen molar-refractivity contribution in [2.45, 2.75) is 19.3 Å². The highest BCUT2D eigenvalue weighted by Crippen LogP contribution is 2.36. The number of rotatable bonds is 4. The van der Waals surface area contributed by atoms with E-state index in [4.69, 9.17) is 5.11 Å². The van der Waals surface area contributed by atoms with E-state index in [1.807, 2.05) is 54.6 Å². The topological polar surface area (TPSA) is 77.8 Å². The summed E-state index contributed by atoms with van der Waals surface area (Å²) < 4.78 is 0. The highest BCUT2D eigenvalue weighted by atomic mass is 16.4. The minimum atomic E-state index is -0.980. The Kier molecular flexibility index (Phi) is 4.74. The number of nitrogens with zero attached hydrogens (tertiary/aromatic N) is 1. The summed E-state index contributed by atoms with van der Waals surface area (Å²) in [5.41, 5.74) is 2.29. The Balaban J connectivity index is 1.75. The van der Waals surface area contributed by atoms with Crippen molar-refractivity contribution in [2.75, 3.05) is 13.1 Å². The molecule has 2 N–H and O–H groups in total. The number of hydrogen-bond acceptors (Lipinski definition) is 2. The summed E-state index contributed by atoms with van der Waals surface area (Å²) in [6.07, 6.45) is 0.126. The molecule has 25 heavy (non-hydrogen) atoms. The summed E-state index contributed by atoms with van der Waals surface area (Å²) in [5, 5.41) is 18.8. The lowest BCUT2D eigenvalue weighted by Gasteiger charge is -2.37. The van der Waals surface area contributed by atoms with Gasteiger partial charge in [-0.2, -0.15) is 0 Å². The quantitative estimate of drug-likeness (QED) is 0.889. The fourth-order valence-electron chi connectivity index (χ4n) is 3.43. The molecule has 0 aromatic heterocycles. The lowest BCUT2D eigenvalue weighted by Crippen LogP contribution is -2.47. The molecule has 0 spiro atoms. The van der Waals surface area contributed by atoms with Gasteiger partial charge in [0.2, 0.25) is 0 Å². The maximum absolute atomic E-state index is 11.9. The van der Waals surface area contributed by atoms with Gasteiger partial charge in [-0.3, -0.25) is 4.79 Å². The molecular formula is C20H21NO4. The van der Waals surface area contributed by atoms with Crippen molar-refractivity contribution in [3.05, 3.63) is 60.2 Å². The average Bonchev–Trinajstić information content (AvgIpc) is 2.63. The summed E-state index contributed by atoms with van der Waals surface area (Å²) >= 11 is 0. The van der Waals surface area contributed by atoms with Crippen molar-refractivity contribution in [1.29, 1.82) is 0 Å². The van der Waals surface area contributed by atoms with Gasteiger partial charge in [-0.25, -0.2) is 4.79 Å². The van der Waals surface area contributed by atoms with Gasteiger partial charge in [0.15, 0.2) is 0 Å². The molecule has 0 aliphatic carbocycles. The molecule has 2 aromatic rings. The van der Waals surface area contributed by atoms with Gasteiger partial charge >= 0.3 is 12.1 Å². The SMILES string of the molecule is O=C(O)N1CCC(Cc2ccc(-c3ccccc3)cc2)(C(=O)O)CC1. The number of likely N-dealkylation sites (tertiary alicyclic amines) is 1. The summed E-state index contributed by atoms with van der Waals surface area (Å²) in [7, 11) is 0. The van der Waals surface area contributed by atoms with Gasteiger partial charge < -0.3 is 15.1 Å². The number of carbonyl (C=O) groups is 2. The largest absolute Gasteiger partial charge is 0.481 e. The maximum atomic E-state index is 11.9. The minimum absolute atomic E-state index is 0.268. The van der Waals surface area contributed by atoms with Crippen molar-refractivity contribution in [1.82, 2.24) is 4.90 Å². The molecule has 5 nitrogen and oxygen atoms in total. The van der Waals surface area contributed by atoms with Crippen molar-refractivity contribution in [2.24, 2.45) is 5.41 Å². The third kappa shape index (κ3) is 3.65. The smallest absolute Gasteiger partial charge is 0.407 e. The molecule has 2 aromatic carbocycles. The first-order valence-corrected chi connectivity index (χ1v) is 8.36. The number of piperidine rings is 1. The van der Waals surface area contributed by atoms with Crippen molar-refractivity contribution < 1.29 is 19.8 Å². The molecule has 1 saturated heterocycles. The summed E-state index contributed by atoms with van der Waals surface area (Å²) in [6, 6.07) is 18.0. The Morgan fingerprint density at radius 1 is 0.880 bits per heavy atom. The minimum Gasteiger partial charge on any atom is -0.481 e. The first kappa shape index (κ1) is 17.0. The van der Waals surface area contributed by atoms with Gasteiger partial charge in [0, 0.05) is 13.1 Å². The second kappa shape index (κ2) is 6.97. The van der Waals surface area contributed by atoms with Gasteiger partial charge in [0.25, 0.3) is 0 Å². The Labute approximate surface area is 146 Å². The molecule has 0 unspecified atom stereocenters. The van der Waals surface area contributed by atoms with E-state index >= 15 is 0 Å². The number of amides is 1. The van der Waals surface area contributed by atoms with Crippen LogP contribution in [0.1, 0.15) is 18.4 Å². The second-order valence-corrected chi connectivity index (χ2v) is 6.59. The fraction of sp³-hybridized carbons (Fsp3) is 0.300. The first-order valence-electron chi connectivity index (χ1n) is 8.36. The van der Waals surface area contributed by atoms with Crippen molar-refractivity contribution >= 4 is 12.1 Å². The van der Waals surface area contributed by atoms with Crippen LogP contribution in [0.4, 0.5) is 4.79 Å². The van der Waals surface area contributed by atoms with Crippen molar-refractivity contribution in [3.8, 4) is 11.1 Å². The van der Waals surface area contributed by atoms with Gasteiger partial charge in [-0.05, 0) is 36.0 Å². The molecule has 3 rings (SSSR count). The molecule has 0 saturated carbocycles. The third-order valence-corrected chi connectivity index (χ3v) is 5.05. The molecular weight excluding hydrogens is 318 g/mol. The molecule has 1 amide bonds. The molecule has 1 aliphatic heterocycles. The molecule has 1 heterocycles. The number of hydrogen-bond donors (Lipinski definition) is 2. The van der Waals surface area contributed by atoms with E-state index in [-0.39, 0.29) is 13.1 Å². The highest BCUT2D eigenvalue weighted by Gasteiger charge is 2.42. The number of benzene rings is 2. The lowest BCUT2D eigenvalue weighted by atomic mass is 9.74. The van der Waals surface area contributed by atoms with Crippen LogP contribution in [-0.2, 0) is 11.2 Å². The van der Waals surface area contributed by atoms with Crippen LogP contribution in [0, 0.1) is 5.41 Å². The molecule has 1 aliphatic rings. The maximum Gasteiger partial charge on any atom is 0.407 e. The van der Waals surface area contributed by atoms with Crippen LogP contribution < -0.4 is 0 Å². The molecule has 0 radical (unpaired) electrons. The molecule has 0 atom stereocenters. The lowest BCUT2D eigenvalue weighted by molar-refractivity contribution is -0.151. The van der Waals surface area contributed by atoms with Crippen LogP contribution in [0.5, 0.6) is 0 Å². The van der Waals surface area contributed by atoms with E-state index in [2.05, 4.69) is 0 Å². The molecule has 5 heteroatoms. The molecule has 1 fully saturated rings. The fourth-order valence-corrected chi connectivity index (χ4v) is 3.43. The van der Waals surface area contributed by atoms with Gasteiger partial charge in [0.05, 0.1) is 5.41 Å². The predicted octanol–water partition coefficient (Wildman–Crippen LogP) is 3.74. The first-order chi connectivity index (χ1) is 12.0. The van der Waals surface area contributed by atoms with Crippen LogP contribution in [0.25, 0.3) is 11.1 Å². The van der Waals surface area contributed by atoms with Crippen LogP contribution in [-0.4, -0.2) is 40.3 Å². The summed E-state index contributed by atoms with van der Waals surface area (Å²) in [6.45, 7) is 0.535. The van der Waals surface area contributed by atoms with E-state index in [1.54, 1.807) is 0 Å². The van der Waals surface area contributed by atoms with Crippen LogP contribution in [0.3, 0.4) is 0 Å². The van der Waals surface area contributed by atoms with Crippen molar-refractivity contribution in [3.63, 3.8) is 0 Å². The monoisotopic (exact) mass is 339 g/mol. The van der Waals surface area contributed by atoms with Crippen LogP contribution >= 0.6 is 0 Å². The summed E-state index contributed by atoms with van der Waals surface area (Å²) in [5.74, 6) is -0.843. The Morgan fingerprint density at radius 2 is 1.44 bits per heavy atom. The van der Waals surface area contributed by atoms with E-state index in [0.29, 0.717) is 19.3 Å². The van der Waals surface area contributed by atoms with Gasteiger partial charge in [0.1, 0.15) is 0 Å². The zero-order valence-corrected chi connectivity index (χ0v) is 13.9. The third-order valence-electron chi connectivity index (χ3n) is 5.05. The zero-order chi connectivity index (χ0) is 17.9. The molecule has 0 bridgehead atoms. The van der Waals surface area contributed by atoms with E-state index < -0.39 is 17.5 Å². The standard InChI is InChI=1S/C20H21NO4/c22-18(23)20(10-12-21(13-11-20)19(24)25)14-15-6-8-17(9-7-15)16-4-2-1-3-5-16/h1-9H,10-14H2,(H,22,23)(H,24,25). The molecule has 130 valence electrons. The highest BCUT2D eigenvalue weighted by molar-refractivity contribution is 5.76. The summed E-state index contributed by atoms with van der Waals surface area (Å²) in [4.78, 5) is 24.2. The predicted molar refractivity (Wildman–Crippen MR) is 94.5 cm³/mol. The Hall–Kier alpha value is -2.82. The average molecular weight is 339 g/mol. The Morgan fingerprint density at radius 3 is 1.96 bits per heavy atom. The van der Waals surface area contributed by atoms with E-state index in [1.165, 1.54) is 4.90 Å². The van der Waals surface area contributed by atoms with E-state index in [9.17, 15) is 14.7 Å². The van der Waals surface area contributed by atoms with E-state index in [0.717, 1.165) is 16.7 Å². The number of carboxylic acid groups (broad SMARTS) is 2. The Bertz CT molecular complexity index is 747. The van der Waals surface area contributed by atoms with Gasteiger partial charge in [-0.15, -0.1) is 0 Å². The number of aliphatic carboxylic acids is 1. The van der Waals surface area contributed by atoms with Crippen LogP contribution in [0.2, 0.25) is 0 Å². The van der Waals surface area contributed by atoms with Gasteiger partial charge in [-0.1, -0.05) is 54.6 Å². The second-order valence-electron chi connectivity index (χ2n) is 6.59. The zero-order valence-electron chi connectivity index (χ0n) is 13.9.